The van der Waals surface area contributed by atoms with Gasteiger partial charge in [-0.2, -0.15) is 11.8 Å². The number of rotatable bonds is 32. The van der Waals surface area contributed by atoms with Gasteiger partial charge >= 0.3 is 6.03 Å². The first-order chi connectivity index (χ1) is 31.3. The number of amides is 5. The highest BCUT2D eigenvalue weighted by molar-refractivity contribution is 8.00. The van der Waals surface area contributed by atoms with Crippen LogP contribution in [0.5, 0.6) is 0 Å². The van der Waals surface area contributed by atoms with Gasteiger partial charge in [0.15, 0.2) is 0 Å². The van der Waals surface area contributed by atoms with Crippen LogP contribution in [0.25, 0.3) is 0 Å². The van der Waals surface area contributed by atoms with Gasteiger partial charge in [-0.25, -0.2) is 9.48 Å². The summed E-state index contributed by atoms with van der Waals surface area (Å²) < 4.78 is 36.5. The van der Waals surface area contributed by atoms with Crippen molar-refractivity contribution in [1.82, 2.24) is 46.1 Å². The molecule has 2 saturated heterocycles. The van der Waals surface area contributed by atoms with Gasteiger partial charge in [-0.3, -0.25) is 19.3 Å². The molecule has 4 heterocycles. The van der Waals surface area contributed by atoms with E-state index in [1.165, 1.54) is 0 Å². The number of likely N-dealkylation sites (N-methyl/N-ethyl adjacent to an activating group) is 1. The molecule has 20 heteroatoms. The fourth-order valence-electron chi connectivity index (χ4n) is 8.00. The zero-order valence-corrected chi connectivity index (χ0v) is 41.2. The van der Waals surface area contributed by atoms with Gasteiger partial charge in [-0.05, 0) is 65.8 Å². The third-order valence-corrected chi connectivity index (χ3v) is 13.7. The van der Waals surface area contributed by atoms with Crippen molar-refractivity contribution in [2.24, 2.45) is 5.92 Å². The lowest BCUT2D eigenvalue weighted by molar-refractivity contribution is -0.135. The molecule has 19 nitrogen and oxygen atoms in total. The molecule has 3 aliphatic rings. The standard InChI is InChI=1S/C45H81N9O10S/c1-33(31-64-24-21-52(5)45(2,3)4)29-54-35-17-20-53(30-36(59-6)43(60-7)42(35)50-51-54)40(57)16-10-15-39(56)47-19-12-23-62-26-28-63-27-25-61-22-11-18-46-38(55)14-9-8-13-37-41-34(32-65-37)48-44(58)49-41/h33-34,36-37,41,43H,8-32H2,1-7H3,(H,46,55)(H,47,56)(H2,48,49,58)/t33?,34-,36-,37?,41-,43+/m0/s1. The summed E-state index contributed by atoms with van der Waals surface area (Å²) >= 11 is 1.90. The topological polar surface area (TPSA) is 209 Å². The Kier molecular flexibility index (Phi) is 24.8. The van der Waals surface area contributed by atoms with Crippen LogP contribution in [0.2, 0.25) is 0 Å². The number of hydrogen-bond acceptors (Lipinski definition) is 14. The van der Waals surface area contributed by atoms with Crippen molar-refractivity contribution in [1.29, 1.82) is 0 Å². The molecule has 65 heavy (non-hydrogen) atoms. The van der Waals surface area contributed by atoms with Gasteiger partial charge in [0, 0.05) is 109 Å². The second kappa shape index (κ2) is 29.6. The number of nitrogens with zero attached hydrogens (tertiary/aromatic N) is 5. The van der Waals surface area contributed by atoms with E-state index in [0.29, 0.717) is 117 Å². The van der Waals surface area contributed by atoms with E-state index in [1.807, 2.05) is 21.3 Å². The molecule has 4 rings (SSSR count). The first kappa shape index (κ1) is 54.5. The van der Waals surface area contributed by atoms with Gasteiger partial charge in [-0.1, -0.05) is 18.6 Å². The van der Waals surface area contributed by atoms with Gasteiger partial charge in [-0.15, -0.1) is 5.10 Å². The third kappa shape index (κ3) is 19.6. The largest absolute Gasteiger partial charge is 0.380 e. The fraction of sp³-hybridized carbons (Fsp3) is 0.867. The Morgan fingerprint density at radius 3 is 2.17 bits per heavy atom. The predicted molar refractivity (Wildman–Crippen MR) is 249 cm³/mol. The Bertz CT molecular complexity index is 1570. The monoisotopic (exact) mass is 940 g/mol. The SMILES string of the molecule is CO[C@H]1CN(C(=O)CCCC(=O)NCCCOCCOCCOCCCNC(=O)CCCCC2SC[C@@H]3NC(=O)N[C@H]23)CCc2c(nnn2CC(C)COCCN(C)C(C)(C)C)[C@@H]1OC. The van der Waals surface area contributed by atoms with Gasteiger partial charge in [0.25, 0.3) is 0 Å². The lowest BCUT2D eigenvalue weighted by atomic mass is 10.0. The van der Waals surface area contributed by atoms with E-state index in [0.717, 1.165) is 49.4 Å². The molecular formula is C45H81N9O10S. The number of nitrogens with one attached hydrogen (secondary N) is 4. The molecule has 2 fully saturated rings. The fourth-order valence-corrected chi connectivity index (χ4v) is 9.55. The van der Waals surface area contributed by atoms with Crippen LogP contribution >= 0.6 is 11.8 Å². The summed E-state index contributed by atoms with van der Waals surface area (Å²) in [6.45, 7) is 16.2. The second-order valence-electron chi connectivity index (χ2n) is 18.4. The van der Waals surface area contributed by atoms with E-state index in [2.05, 4.69) is 71.2 Å². The molecule has 5 amide bonds. The second-order valence-corrected chi connectivity index (χ2v) is 19.6. The molecule has 2 unspecified atom stereocenters. The minimum atomic E-state index is -0.481. The highest BCUT2D eigenvalue weighted by Crippen LogP contribution is 2.33. The van der Waals surface area contributed by atoms with Crippen molar-refractivity contribution in [2.75, 3.05) is 113 Å². The summed E-state index contributed by atoms with van der Waals surface area (Å²) in [4.78, 5) is 53.7. The highest BCUT2D eigenvalue weighted by Gasteiger charge is 2.42. The molecule has 4 N–H and O–H groups in total. The van der Waals surface area contributed by atoms with Crippen molar-refractivity contribution in [3.05, 3.63) is 11.4 Å². The zero-order chi connectivity index (χ0) is 47.0. The normalized spacial score (nSPS) is 21.3. The Morgan fingerprint density at radius 2 is 1.52 bits per heavy atom. The summed E-state index contributed by atoms with van der Waals surface area (Å²) in [5.74, 6) is 1.10. The van der Waals surface area contributed by atoms with Crippen LogP contribution in [0.4, 0.5) is 4.79 Å². The first-order valence-electron chi connectivity index (χ1n) is 23.8. The molecule has 0 radical (unpaired) electrons. The lowest BCUT2D eigenvalue weighted by Crippen LogP contribution is -2.44. The van der Waals surface area contributed by atoms with Crippen LogP contribution in [-0.2, 0) is 55.8 Å². The average Bonchev–Trinajstić information content (AvgIpc) is 3.95. The van der Waals surface area contributed by atoms with Crippen molar-refractivity contribution in [2.45, 2.75) is 134 Å². The Hall–Kier alpha value is -3.11. The van der Waals surface area contributed by atoms with Crippen molar-refractivity contribution in [3.8, 4) is 0 Å². The van der Waals surface area contributed by atoms with E-state index >= 15 is 0 Å². The average molecular weight is 940 g/mol. The number of hydrogen-bond donors (Lipinski definition) is 4. The first-order valence-corrected chi connectivity index (χ1v) is 24.8. The van der Waals surface area contributed by atoms with Crippen LogP contribution in [0, 0.1) is 5.92 Å². The minimum Gasteiger partial charge on any atom is -0.380 e. The molecule has 1 aromatic rings. The Morgan fingerprint density at radius 1 is 0.862 bits per heavy atom. The minimum absolute atomic E-state index is 0.0294. The van der Waals surface area contributed by atoms with Crippen LogP contribution in [0.3, 0.4) is 0 Å². The van der Waals surface area contributed by atoms with E-state index in [9.17, 15) is 19.2 Å². The summed E-state index contributed by atoms with van der Waals surface area (Å²) in [5, 5.41) is 21.3. The van der Waals surface area contributed by atoms with Crippen LogP contribution in [0.1, 0.15) is 103 Å². The Balaban J connectivity index is 0.966. The number of carbonyl (C=O) groups excluding carboxylic acids is 4. The van der Waals surface area contributed by atoms with Crippen LogP contribution < -0.4 is 21.3 Å². The van der Waals surface area contributed by atoms with E-state index < -0.39 is 12.2 Å². The van der Waals surface area contributed by atoms with Crippen LogP contribution in [-0.4, -0.2) is 190 Å². The number of thioether (sulfide) groups is 1. The van der Waals surface area contributed by atoms with Crippen molar-refractivity contribution >= 4 is 35.5 Å². The molecule has 372 valence electrons. The molecule has 6 atom stereocenters. The van der Waals surface area contributed by atoms with Gasteiger partial charge in [0.05, 0.1) is 57.4 Å². The molecule has 0 spiro atoms. The summed E-state index contributed by atoms with van der Waals surface area (Å²) in [6.07, 6.45) is 5.38. The zero-order valence-electron chi connectivity index (χ0n) is 40.4. The van der Waals surface area contributed by atoms with Crippen LogP contribution in [0.15, 0.2) is 0 Å². The maximum atomic E-state index is 13.5. The number of ether oxygens (including phenoxy) is 6. The molecule has 0 aliphatic carbocycles. The van der Waals surface area contributed by atoms with E-state index in [4.69, 9.17) is 28.4 Å². The molecule has 1 aromatic heterocycles. The van der Waals surface area contributed by atoms with Crippen molar-refractivity contribution < 1.29 is 47.6 Å². The van der Waals surface area contributed by atoms with Gasteiger partial charge in [0.1, 0.15) is 17.9 Å². The summed E-state index contributed by atoms with van der Waals surface area (Å²) in [6, 6.07) is 0.389. The maximum absolute atomic E-state index is 13.5. The van der Waals surface area contributed by atoms with Crippen molar-refractivity contribution in [3.63, 3.8) is 0 Å². The lowest BCUT2D eigenvalue weighted by Gasteiger charge is -2.33. The number of unbranched alkanes of at least 4 members (excludes halogenated alkanes) is 1. The van der Waals surface area contributed by atoms with E-state index in [1.54, 1.807) is 14.2 Å². The smallest absolute Gasteiger partial charge is 0.315 e. The molecular weight excluding hydrogens is 859 g/mol. The molecule has 3 aliphatic heterocycles. The maximum Gasteiger partial charge on any atom is 0.315 e. The number of urea groups is 1. The number of carbonyl (C=O) groups is 4. The molecule has 0 bridgehead atoms. The Labute approximate surface area is 391 Å². The quantitative estimate of drug-likeness (QED) is 0.0606. The van der Waals surface area contributed by atoms with E-state index in [-0.39, 0.29) is 60.1 Å². The van der Waals surface area contributed by atoms with Gasteiger partial charge in [0.2, 0.25) is 17.7 Å². The molecule has 0 saturated carbocycles. The number of fused-ring (bicyclic) bond motifs is 2. The van der Waals surface area contributed by atoms with Gasteiger partial charge < -0.3 is 54.6 Å². The molecule has 0 aromatic carbocycles. The number of aromatic nitrogens is 3. The third-order valence-electron chi connectivity index (χ3n) is 12.2. The summed E-state index contributed by atoms with van der Waals surface area (Å²) in [7, 11) is 5.34. The highest BCUT2D eigenvalue weighted by atomic mass is 32.2. The summed E-state index contributed by atoms with van der Waals surface area (Å²) in [5.41, 5.74) is 1.76. The predicted octanol–water partition coefficient (Wildman–Crippen LogP) is 2.71. The number of methoxy groups -OCH3 is 2.